The molecule has 7 heteroatoms. The zero-order valence-corrected chi connectivity index (χ0v) is 14.1. The van der Waals surface area contributed by atoms with Gasteiger partial charge in [0, 0.05) is 0 Å². The van der Waals surface area contributed by atoms with Crippen molar-refractivity contribution in [1.82, 2.24) is 0 Å². The van der Waals surface area contributed by atoms with Crippen molar-refractivity contribution in [2.75, 3.05) is 16.8 Å². The van der Waals surface area contributed by atoms with Gasteiger partial charge in [-0.15, -0.1) is 0 Å². The predicted molar refractivity (Wildman–Crippen MR) is 95.5 cm³/mol. The quantitative estimate of drug-likeness (QED) is 0.774. The summed E-state index contributed by atoms with van der Waals surface area (Å²) in [6.07, 6.45) is 0.0139. The molecule has 2 aromatic rings. The number of carboxylic acid groups (broad SMARTS) is 1. The summed E-state index contributed by atoms with van der Waals surface area (Å²) in [5, 5.41) is 12.0. The number of benzene rings is 2. The van der Waals surface area contributed by atoms with Gasteiger partial charge in [0.05, 0.1) is 30.0 Å². The molecule has 0 bridgehead atoms. The Bertz CT molecular complexity index is 847. The van der Waals surface area contributed by atoms with E-state index >= 15 is 0 Å². The fraction of sp³-hybridized carbons (Fsp3) is 0.211. The molecule has 2 aromatic carbocycles. The number of hydrogen-bond donors (Lipinski definition) is 2. The van der Waals surface area contributed by atoms with Crippen LogP contribution in [0.4, 0.5) is 11.4 Å². The lowest BCUT2D eigenvalue weighted by Gasteiger charge is -2.17. The minimum Gasteiger partial charge on any atom is -0.492 e. The van der Waals surface area contributed by atoms with Crippen molar-refractivity contribution in [1.29, 1.82) is 0 Å². The molecule has 0 unspecified atom stereocenters. The summed E-state index contributed by atoms with van der Waals surface area (Å²) in [5.74, 6) is -1.18. The summed E-state index contributed by atoms with van der Waals surface area (Å²) in [6.45, 7) is 2.35. The SMILES string of the molecule is CCOc1ccccc1N[C@H]1CC(=O)N(c2ccc(C(=O)O)cc2)C1=O. The van der Waals surface area contributed by atoms with Gasteiger partial charge in [-0.1, -0.05) is 12.1 Å². The molecule has 1 saturated heterocycles. The van der Waals surface area contributed by atoms with Gasteiger partial charge in [-0.2, -0.15) is 0 Å². The third-order valence-corrected chi connectivity index (χ3v) is 4.04. The number of nitrogens with one attached hydrogen (secondary N) is 1. The van der Waals surface area contributed by atoms with Crippen molar-refractivity contribution >= 4 is 29.2 Å². The van der Waals surface area contributed by atoms with E-state index in [1.54, 1.807) is 12.1 Å². The summed E-state index contributed by atoms with van der Waals surface area (Å²) in [6, 6.07) is 12.1. The first-order chi connectivity index (χ1) is 12.5. The molecule has 26 heavy (non-hydrogen) atoms. The van der Waals surface area contributed by atoms with Crippen LogP contribution in [0.25, 0.3) is 0 Å². The monoisotopic (exact) mass is 354 g/mol. The summed E-state index contributed by atoms with van der Waals surface area (Å²) >= 11 is 0. The van der Waals surface area contributed by atoms with Gasteiger partial charge in [-0.05, 0) is 43.3 Å². The van der Waals surface area contributed by atoms with E-state index < -0.39 is 12.0 Å². The highest BCUT2D eigenvalue weighted by Gasteiger charge is 2.39. The molecular formula is C19H18N2O5. The Morgan fingerprint density at radius 2 is 1.88 bits per heavy atom. The molecule has 1 heterocycles. The van der Waals surface area contributed by atoms with E-state index in [9.17, 15) is 14.4 Å². The molecule has 7 nitrogen and oxygen atoms in total. The standard InChI is InChI=1S/C19H18N2O5/c1-2-26-16-6-4-3-5-14(16)20-15-11-17(22)21(18(15)23)13-9-7-12(8-10-13)19(24)25/h3-10,15,20H,2,11H2,1H3,(H,24,25)/t15-/m0/s1. The van der Waals surface area contributed by atoms with Crippen LogP contribution in [-0.2, 0) is 9.59 Å². The van der Waals surface area contributed by atoms with E-state index in [1.165, 1.54) is 24.3 Å². The molecule has 3 rings (SSSR count). The highest BCUT2D eigenvalue weighted by atomic mass is 16.5. The molecule has 0 spiro atoms. The Balaban J connectivity index is 1.80. The summed E-state index contributed by atoms with van der Waals surface area (Å²) in [4.78, 5) is 37.0. The lowest BCUT2D eigenvalue weighted by atomic mass is 10.2. The zero-order valence-electron chi connectivity index (χ0n) is 14.1. The number of carboxylic acids is 1. The minimum atomic E-state index is -1.07. The number of amides is 2. The second-order valence-electron chi connectivity index (χ2n) is 5.75. The van der Waals surface area contributed by atoms with E-state index in [0.29, 0.717) is 23.7 Å². The Morgan fingerprint density at radius 3 is 2.54 bits per heavy atom. The lowest BCUT2D eigenvalue weighted by molar-refractivity contribution is -0.121. The molecule has 0 aromatic heterocycles. The van der Waals surface area contributed by atoms with Crippen LogP contribution in [0.1, 0.15) is 23.7 Å². The van der Waals surface area contributed by atoms with E-state index in [-0.39, 0.29) is 23.8 Å². The van der Waals surface area contributed by atoms with Gasteiger partial charge in [0.1, 0.15) is 11.8 Å². The molecule has 134 valence electrons. The number of rotatable bonds is 6. The molecule has 0 aliphatic carbocycles. The van der Waals surface area contributed by atoms with Crippen LogP contribution in [0.5, 0.6) is 5.75 Å². The van der Waals surface area contributed by atoms with Crippen LogP contribution in [0.2, 0.25) is 0 Å². The maximum Gasteiger partial charge on any atom is 0.335 e. The number of anilines is 2. The van der Waals surface area contributed by atoms with Crippen LogP contribution in [0, 0.1) is 0 Å². The molecular weight excluding hydrogens is 336 g/mol. The van der Waals surface area contributed by atoms with E-state index in [2.05, 4.69) is 5.32 Å². The van der Waals surface area contributed by atoms with Gasteiger partial charge in [-0.3, -0.25) is 9.59 Å². The number of carbonyl (C=O) groups is 3. The number of hydrogen-bond acceptors (Lipinski definition) is 5. The van der Waals surface area contributed by atoms with Crippen LogP contribution in [0.3, 0.4) is 0 Å². The van der Waals surface area contributed by atoms with Crippen molar-refractivity contribution in [3.8, 4) is 5.75 Å². The molecule has 2 N–H and O–H groups in total. The second kappa shape index (κ2) is 7.26. The van der Waals surface area contributed by atoms with Gasteiger partial charge in [-0.25, -0.2) is 9.69 Å². The van der Waals surface area contributed by atoms with E-state index in [0.717, 1.165) is 4.90 Å². The molecule has 1 aliphatic heterocycles. The van der Waals surface area contributed by atoms with E-state index in [1.807, 2.05) is 19.1 Å². The van der Waals surface area contributed by atoms with Crippen molar-refractivity contribution in [2.45, 2.75) is 19.4 Å². The molecule has 0 saturated carbocycles. The maximum atomic E-state index is 12.7. The van der Waals surface area contributed by atoms with Gasteiger partial charge in [0.15, 0.2) is 0 Å². The first-order valence-corrected chi connectivity index (χ1v) is 8.19. The highest BCUT2D eigenvalue weighted by Crippen LogP contribution is 2.29. The predicted octanol–water partition coefficient (Wildman–Crippen LogP) is 2.53. The Hall–Kier alpha value is -3.35. The van der Waals surface area contributed by atoms with E-state index in [4.69, 9.17) is 9.84 Å². The topological polar surface area (TPSA) is 95.9 Å². The molecule has 0 radical (unpaired) electrons. The third kappa shape index (κ3) is 3.37. The van der Waals surface area contributed by atoms with Crippen LogP contribution in [0.15, 0.2) is 48.5 Å². The average Bonchev–Trinajstić information content (AvgIpc) is 2.90. The maximum absolute atomic E-state index is 12.7. The molecule has 1 aliphatic rings. The molecule has 2 amide bonds. The number of para-hydroxylation sites is 2. The van der Waals surface area contributed by atoms with Crippen LogP contribution in [-0.4, -0.2) is 35.5 Å². The zero-order chi connectivity index (χ0) is 18.7. The fourth-order valence-corrected chi connectivity index (χ4v) is 2.82. The number of carbonyl (C=O) groups excluding carboxylic acids is 2. The number of nitrogens with zero attached hydrogens (tertiary/aromatic N) is 1. The molecule has 1 atom stereocenters. The van der Waals surface area contributed by atoms with Crippen LogP contribution < -0.4 is 15.0 Å². The summed E-state index contributed by atoms with van der Waals surface area (Å²) in [7, 11) is 0. The number of imide groups is 1. The highest BCUT2D eigenvalue weighted by molar-refractivity contribution is 6.23. The largest absolute Gasteiger partial charge is 0.492 e. The van der Waals surface area contributed by atoms with Gasteiger partial charge in [0.25, 0.3) is 5.91 Å². The minimum absolute atomic E-state index is 0.0139. The van der Waals surface area contributed by atoms with Crippen molar-refractivity contribution in [3.63, 3.8) is 0 Å². The summed E-state index contributed by atoms with van der Waals surface area (Å²) in [5.41, 5.74) is 1.09. The Morgan fingerprint density at radius 1 is 1.19 bits per heavy atom. The molecule has 1 fully saturated rings. The summed E-state index contributed by atoms with van der Waals surface area (Å²) < 4.78 is 5.53. The van der Waals surface area contributed by atoms with Gasteiger partial charge < -0.3 is 15.2 Å². The normalized spacial score (nSPS) is 16.7. The first-order valence-electron chi connectivity index (χ1n) is 8.19. The average molecular weight is 354 g/mol. The van der Waals surface area contributed by atoms with Gasteiger partial charge >= 0.3 is 5.97 Å². The van der Waals surface area contributed by atoms with Gasteiger partial charge in [0.2, 0.25) is 5.91 Å². The van der Waals surface area contributed by atoms with Crippen molar-refractivity contribution < 1.29 is 24.2 Å². The van der Waals surface area contributed by atoms with Crippen molar-refractivity contribution in [2.24, 2.45) is 0 Å². The lowest BCUT2D eigenvalue weighted by Crippen LogP contribution is -2.34. The fourth-order valence-electron chi connectivity index (χ4n) is 2.82. The Labute approximate surface area is 150 Å². The smallest absolute Gasteiger partial charge is 0.335 e. The number of ether oxygens (including phenoxy) is 1. The van der Waals surface area contributed by atoms with Crippen molar-refractivity contribution in [3.05, 3.63) is 54.1 Å². The number of aromatic carboxylic acids is 1. The third-order valence-electron chi connectivity index (χ3n) is 4.04. The Kier molecular flexibility index (Phi) is 4.88. The first kappa shape index (κ1) is 17.5. The second-order valence-corrected chi connectivity index (χ2v) is 5.75. The van der Waals surface area contributed by atoms with Crippen LogP contribution >= 0.6 is 0 Å².